The number of amidine groups is 1. The molecule has 5 nitrogen and oxygen atoms in total. The molecule has 1 fully saturated rings. The van der Waals surface area contributed by atoms with E-state index in [0.717, 1.165) is 53.7 Å². The van der Waals surface area contributed by atoms with Crippen LogP contribution in [0.15, 0.2) is 65.3 Å². The first-order chi connectivity index (χ1) is 15.6. The summed E-state index contributed by atoms with van der Waals surface area (Å²) < 4.78 is 0. The molecule has 1 aliphatic heterocycles. The molecule has 0 bridgehead atoms. The Labute approximate surface area is 197 Å². The molecule has 1 aliphatic rings. The van der Waals surface area contributed by atoms with Gasteiger partial charge >= 0.3 is 0 Å². The third-order valence-corrected chi connectivity index (χ3v) is 6.12. The van der Waals surface area contributed by atoms with Crippen molar-refractivity contribution in [2.75, 3.05) is 18.4 Å². The Morgan fingerprint density at radius 1 is 1.22 bits per heavy atom. The second kappa shape index (κ2) is 12.5. The fourth-order valence-corrected chi connectivity index (χ4v) is 4.12. The van der Waals surface area contributed by atoms with E-state index < -0.39 is 0 Å². The number of hydrogen-bond donors (Lipinski definition) is 4. The summed E-state index contributed by atoms with van der Waals surface area (Å²) in [4.78, 5) is 4.86. The number of anilines is 1. The zero-order valence-electron chi connectivity index (χ0n) is 19.2. The van der Waals surface area contributed by atoms with Gasteiger partial charge in [-0.3, -0.25) is 4.99 Å². The lowest BCUT2D eigenvalue weighted by molar-refractivity contribution is 0.437. The van der Waals surface area contributed by atoms with Crippen molar-refractivity contribution in [3.8, 4) is 0 Å². The lowest BCUT2D eigenvalue weighted by Crippen LogP contribution is -2.39. The number of halogens is 1. The predicted octanol–water partition coefficient (Wildman–Crippen LogP) is 5.40. The summed E-state index contributed by atoms with van der Waals surface area (Å²) >= 11 is 6.36. The lowest BCUT2D eigenvalue weighted by atomic mass is 10.0. The highest BCUT2D eigenvalue weighted by Crippen LogP contribution is 2.23. The number of rotatable bonds is 9. The molecule has 2 unspecified atom stereocenters. The molecule has 0 saturated carbocycles. The summed E-state index contributed by atoms with van der Waals surface area (Å²) in [6, 6.07) is 16.5. The SMILES string of the molecule is CCCNc1ccccc1C(C)NC(/C=C(\N)C1CCCCN1)=NCc1ccccc1Cl. The van der Waals surface area contributed by atoms with Gasteiger partial charge in [-0.15, -0.1) is 0 Å². The molecule has 1 saturated heterocycles. The zero-order valence-corrected chi connectivity index (χ0v) is 20.0. The number of para-hydroxylation sites is 1. The van der Waals surface area contributed by atoms with Crippen molar-refractivity contribution in [2.24, 2.45) is 10.7 Å². The molecule has 5 N–H and O–H groups in total. The number of nitrogens with zero attached hydrogens (tertiary/aromatic N) is 1. The summed E-state index contributed by atoms with van der Waals surface area (Å²) in [6.45, 7) is 6.76. The summed E-state index contributed by atoms with van der Waals surface area (Å²) in [5.74, 6) is 0.771. The van der Waals surface area contributed by atoms with E-state index in [2.05, 4.69) is 54.1 Å². The number of benzene rings is 2. The molecule has 6 heteroatoms. The molecule has 1 heterocycles. The number of hydrogen-bond acceptors (Lipinski definition) is 4. The highest BCUT2D eigenvalue weighted by molar-refractivity contribution is 6.31. The van der Waals surface area contributed by atoms with E-state index in [-0.39, 0.29) is 12.1 Å². The van der Waals surface area contributed by atoms with Crippen molar-refractivity contribution in [2.45, 2.75) is 58.2 Å². The van der Waals surface area contributed by atoms with Gasteiger partial charge in [0.05, 0.1) is 12.6 Å². The van der Waals surface area contributed by atoms with Crippen LogP contribution in [0.5, 0.6) is 0 Å². The van der Waals surface area contributed by atoms with Crippen LogP contribution in [0, 0.1) is 0 Å². The Hall–Kier alpha value is -2.50. The van der Waals surface area contributed by atoms with Crippen LogP contribution in [0.4, 0.5) is 5.69 Å². The summed E-state index contributed by atoms with van der Waals surface area (Å²) in [7, 11) is 0. The molecular formula is C26H36ClN5. The van der Waals surface area contributed by atoms with Crippen molar-refractivity contribution in [1.29, 1.82) is 0 Å². The quantitative estimate of drug-likeness (QED) is 0.303. The summed E-state index contributed by atoms with van der Waals surface area (Å²) in [5.41, 5.74) is 10.7. The Morgan fingerprint density at radius 3 is 2.75 bits per heavy atom. The van der Waals surface area contributed by atoms with Gasteiger partial charge in [0, 0.05) is 35.1 Å². The Balaban J connectivity index is 1.83. The van der Waals surface area contributed by atoms with E-state index in [0.29, 0.717) is 6.54 Å². The number of nitrogens with two attached hydrogens (primary N) is 1. The molecule has 0 spiro atoms. The van der Waals surface area contributed by atoms with Crippen LogP contribution in [-0.4, -0.2) is 25.0 Å². The Kier molecular flexibility index (Phi) is 9.44. The van der Waals surface area contributed by atoms with Gasteiger partial charge in [0.25, 0.3) is 0 Å². The van der Waals surface area contributed by atoms with Gasteiger partial charge in [-0.2, -0.15) is 0 Å². The molecule has 0 radical (unpaired) electrons. The number of nitrogens with one attached hydrogen (secondary N) is 3. The average Bonchev–Trinajstić information content (AvgIpc) is 2.82. The van der Waals surface area contributed by atoms with E-state index >= 15 is 0 Å². The third-order valence-electron chi connectivity index (χ3n) is 5.75. The topological polar surface area (TPSA) is 74.5 Å². The van der Waals surface area contributed by atoms with Crippen LogP contribution in [0.3, 0.4) is 0 Å². The van der Waals surface area contributed by atoms with Crippen molar-refractivity contribution >= 4 is 23.1 Å². The minimum absolute atomic E-state index is 0.0592. The maximum Gasteiger partial charge on any atom is 0.123 e. The van der Waals surface area contributed by atoms with Gasteiger partial charge in [-0.1, -0.05) is 61.3 Å². The number of piperidine rings is 1. The summed E-state index contributed by atoms with van der Waals surface area (Å²) in [5, 5.41) is 11.4. The van der Waals surface area contributed by atoms with Crippen LogP contribution in [0.2, 0.25) is 5.02 Å². The standard InChI is InChI=1S/C26H36ClN5/c1-3-15-29-24-13-7-5-11-21(24)19(2)32-26(17-23(28)25-14-8-9-16-30-25)31-18-20-10-4-6-12-22(20)27/h4-7,10-13,17,19,25,29-30H,3,8-9,14-16,18,28H2,1-2H3,(H,31,32)/b23-17-. The Morgan fingerprint density at radius 2 is 2.00 bits per heavy atom. The van der Waals surface area contributed by atoms with Gasteiger partial charge in [-0.25, -0.2) is 0 Å². The van der Waals surface area contributed by atoms with Crippen molar-refractivity contribution < 1.29 is 0 Å². The third kappa shape index (κ3) is 7.01. The normalized spacial score (nSPS) is 18.3. The minimum atomic E-state index is 0.0592. The molecule has 172 valence electrons. The second-order valence-corrected chi connectivity index (χ2v) is 8.73. The minimum Gasteiger partial charge on any atom is -0.401 e. The molecule has 0 aliphatic carbocycles. The lowest BCUT2D eigenvalue weighted by Gasteiger charge is -2.25. The molecule has 32 heavy (non-hydrogen) atoms. The van der Waals surface area contributed by atoms with E-state index in [1.54, 1.807) is 0 Å². The first-order valence-corrected chi connectivity index (χ1v) is 12.0. The van der Waals surface area contributed by atoms with Gasteiger partial charge < -0.3 is 21.7 Å². The van der Waals surface area contributed by atoms with Gasteiger partial charge in [0.15, 0.2) is 0 Å². The number of aliphatic imine (C=N–C) groups is 1. The van der Waals surface area contributed by atoms with Gasteiger partial charge in [-0.05, 0) is 56.0 Å². The second-order valence-electron chi connectivity index (χ2n) is 8.32. The fourth-order valence-electron chi connectivity index (χ4n) is 3.92. The monoisotopic (exact) mass is 453 g/mol. The van der Waals surface area contributed by atoms with Crippen LogP contribution >= 0.6 is 11.6 Å². The molecule has 3 rings (SSSR count). The molecule has 0 amide bonds. The van der Waals surface area contributed by atoms with Gasteiger partial charge in [0.2, 0.25) is 0 Å². The van der Waals surface area contributed by atoms with Crippen molar-refractivity contribution in [1.82, 2.24) is 10.6 Å². The fraction of sp³-hybridized carbons (Fsp3) is 0.423. The molecule has 0 aromatic heterocycles. The van der Waals surface area contributed by atoms with Crippen LogP contribution < -0.4 is 21.7 Å². The molecular weight excluding hydrogens is 418 g/mol. The highest BCUT2D eigenvalue weighted by atomic mass is 35.5. The highest BCUT2D eigenvalue weighted by Gasteiger charge is 2.17. The maximum atomic E-state index is 6.50. The maximum absolute atomic E-state index is 6.50. The van der Waals surface area contributed by atoms with Gasteiger partial charge in [0.1, 0.15) is 5.84 Å². The molecule has 2 aromatic rings. The van der Waals surface area contributed by atoms with E-state index in [1.165, 1.54) is 18.4 Å². The van der Waals surface area contributed by atoms with E-state index in [1.807, 2.05) is 30.3 Å². The van der Waals surface area contributed by atoms with Crippen LogP contribution in [-0.2, 0) is 6.54 Å². The molecule has 2 atom stereocenters. The zero-order chi connectivity index (χ0) is 22.8. The first kappa shape index (κ1) is 24.1. The first-order valence-electron chi connectivity index (χ1n) is 11.7. The van der Waals surface area contributed by atoms with Crippen molar-refractivity contribution in [3.05, 3.63) is 76.5 Å². The summed E-state index contributed by atoms with van der Waals surface area (Å²) in [6.07, 6.45) is 6.51. The predicted molar refractivity (Wildman–Crippen MR) is 137 cm³/mol. The smallest absolute Gasteiger partial charge is 0.123 e. The largest absolute Gasteiger partial charge is 0.401 e. The van der Waals surface area contributed by atoms with E-state index in [4.69, 9.17) is 22.3 Å². The van der Waals surface area contributed by atoms with Crippen molar-refractivity contribution in [3.63, 3.8) is 0 Å². The molecule has 2 aromatic carbocycles. The van der Waals surface area contributed by atoms with Crippen LogP contribution in [0.1, 0.15) is 56.7 Å². The Bertz CT molecular complexity index is 918. The average molecular weight is 454 g/mol. The van der Waals surface area contributed by atoms with E-state index in [9.17, 15) is 0 Å². The van der Waals surface area contributed by atoms with Crippen LogP contribution in [0.25, 0.3) is 0 Å².